The Balaban J connectivity index is 1.54. The van der Waals surface area contributed by atoms with Crippen molar-refractivity contribution in [2.45, 2.75) is 23.8 Å². The second kappa shape index (κ2) is 6.96. The van der Waals surface area contributed by atoms with E-state index in [2.05, 4.69) is 11.1 Å². The molecular weight excluding hydrogens is 349 g/mol. The zero-order valence-corrected chi connectivity index (χ0v) is 15.1. The van der Waals surface area contributed by atoms with Crippen LogP contribution in [0.4, 0.5) is 10.1 Å². The molecule has 3 aromatic rings. The summed E-state index contributed by atoms with van der Waals surface area (Å²) >= 11 is 1.39. The number of rotatable bonds is 4. The molecule has 26 heavy (non-hydrogen) atoms. The molecule has 4 rings (SSSR count). The van der Waals surface area contributed by atoms with E-state index in [9.17, 15) is 9.18 Å². The molecule has 132 valence electrons. The van der Waals surface area contributed by atoms with E-state index in [1.165, 1.54) is 29.5 Å². The molecule has 0 fully saturated rings. The predicted molar refractivity (Wildman–Crippen MR) is 101 cm³/mol. The first-order valence-electron chi connectivity index (χ1n) is 8.49. The zero-order valence-electron chi connectivity index (χ0n) is 14.3. The number of nitrogens with zero attached hydrogens (tertiary/aromatic N) is 3. The van der Waals surface area contributed by atoms with E-state index in [1.54, 1.807) is 23.0 Å². The van der Waals surface area contributed by atoms with Gasteiger partial charge in [0.2, 0.25) is 5.91 Å². The summed E-state index contributed by atoms with van der Waals surface area (Å²) < 4.78 is 15.3. The summed E-state index contributed by atoms with van der Waals surface area (Å²) in [5.74, 6) is -0.237. The maximum atomic E-state index is 13.5. The Morgan fingerprint density at radius 1 is 1.23 bits per heavy atom. The van der Waals surface area contributed by atoms with Gasteiger partial charge in [-0.2, -0.15) is 0 Å². The van der Waals surface area contributed by atoms with Crippen LogP contribution in [0.3, 0.4) is 0 Å². The highest BCUT2D eigenvalue weighted by Gasteiger charge is 2.29. The smallest absolute Gasteiger partial charge is 0.240 e. The van der Waals surface area contributed by atoms with Crippen molar-refractivity contribution >= 4 is 23.4 Å². The van der Waals surface area contributed by atoms with Gasteiger partial charge < -0.3 is 4.90 Å². The molecule has 1 atom stereocenters. The normalized spacial score (nSPS) is 14.3. The summed E-state index contributed by atoms with van der Waals surface area (Å²) in [6.07, 6.45) is 4.33. The van der Waals surface area contributed by atoms with E-state index in [-0.39, 0.29) is 17.0 Å². The molecule has 2 heterocycles. The Labute approximate surface area is 155 Å². The van der Waals surface area contributed by atoms with Gasteiger partial charge in [0.05, 0.1) is 10.9 Å². The molecule has 1 unspecified atom stereocenters. The van der Waals surface area contributed by atoms with E-state index >= 15 is 0 Å². The van der Waals surface area contributed by atoms with Crippen LogP contribution in [0.2, 0.25) is 0 Å². The number of para-hydroxylation sites is 1. The summed E-state index contributed by atoms with van der Waals surface area (Å²) in [7, 11) is 0. The summed E-state index contributed by atoms with van der Waals surface area (Å²) in [6.45, 7) is 2.60. The molecule has 2 aromatic carbocycles. The number of imidazole rings is 1. The van der Waals surface area contributed by atoms with Gasteiger partial charge in [-0.3, -0.25) is 9.36 Å². The van der Waals surface area contributed by atoms with E-state index in [1.807, 2.05) is 36.1 Å². The van der Waals surface area contributed by atoms with E-state index in [4.69, 9.17) is 0 Å². The SMILES string of the molecule is CC(Sc1nccn1-c1cccc(F)c1)C(=O)N1CCc2ccccc21. The first-order chi connectivity index (χ1) is 12.6. The minimum Gasteiger partial charge on any atom is -0.311 e. The van der Waals surface area contributed by atoms with Crippen molar-refractivity contribution in [3.8, 4) is 5.69 Å². The predicted octanol–water partition coefficient (Wildman–Crippen LogP) is 4.08. The second-order valence-electron chi connectivity index (χ2n) is 6.19. The van der Waals surface area contributed by atoms with Crippen LogP contribution >= 0.6 is 11.8 Å². The fraction of sp³-hybridized carbons (Fsp3) is 0.200. The topological polar surface area (TPSA) is 38.1 Å². The average Bonchev–Trinajstić information content (AvgIpc) is 3.28. The van der Waals surface area contributed by atoms with Gasteiger partial charge in [-0.1, -0.05) is 36.0 Å². The van der Waals surface area contributed by atoms with Crippen LogP contribution in [0, 0.1) is 5.82 Å². The number of amides is 1. The molecule has 0 N–H and O–H groups in total. The lowest BCUT2D eigenvalue weighted by Crippen LogP contribution is -2.35. The molecule has 0 spiro atoms. The fourth-order valence-corrected chi connectivity index (χ4v) is 4.14. The number of carbonyl (C=O) groups is 1. The fourth-order valence-electron chi connectivity index (χ4n) is 3.19. The summed E-state index contributed by atoms with van der Waals surface area (Å²) in [6, 6.07) is 14.4. The highest BCUT2D eigenvalue weighted by Crippen LogP contribution is 2.31. The van der Waals surface area contributed by atoms with Gasteiger partial charge in [0.1, 0.15) is 5.82 Å². The summed E-state index contributed by atoms with van der Waals surface area (Å²) in [4.78, 5) is 19.1. The average molecular weight is 367 g/mol. The monoisotopic (exact) mass is 367 g/mol. The van der Waals surface area contributed by atoms with Crippen LogP contribution in [0.5, 0.6) is 0 Å². The quantitative estimate of drug-likeness (QED) is 0.652. The van der Waals surface area contributed by atoms with Gasteiger partial charge in [-0.15, -0.1) is 0 Å². The Bertz CT molecular complexity index is 955. The van der Waals surface area contributed by atoms with E-state index in [0.29, 0.717) is 17.4 Å². The second-order valence-corrected chi connectivity index (χ2v) is 7.50. The first kappa shape index (κ1) is 16.8. The largest absolute Gasteiger partial charge is 0.311 e. The Kier molecular flexibility index (Phi) is 4.51. The van der Waals surface area contributed by atoms with E-state index in [0.717, 1.165) is 12.1 Å². The number of aromatic nitrogens is 2. The standard InChI is InChI=1S/C20H18FN3OS/c1-14(19(25)24-11-9-15-5-2-3-8-18(15)24)26-20-22-10-12-23(20)17-7-4-6-16(21)13-17/h2-8,10,12-14H,9,11H2,1H3. The molecule has 1 aliphatic heterocycles. The third kappa shape index (κ3) is 3.12. The van der Waals surface area contributed by atoms with Gasteiger partial charge in [0, 0.05) is 24.6 Å². The van der Waals surface area contributed by atoms with Crippen LogP contribution in [-0.2, 0) is 11.2 Å². The van der Waals surface area contributed by atoms with Crippen LogP contribution in [0.1, 0.15) is 12.5 Å². The van der Waals surface area contributed by atoms with Crippen LogP contribution in [0.25, 0.3) is 5.69 Å². The number of hydrogen-bond donors (Lipinski definition) is 0. The third-order valence-corrected chi connectivity index (χ3v) is 5.54. The number of hydrogen-bond acceptors (Lipinski definition) is 3. The van der Waals surface area contributed by atoms with Gasteiger partial charge in [-0.25, -0.2) is 9.37 Å². The highest BCUT2D eigenvalue weighted by atomic mass is 32.2. The van der Waals surface area contributed by atoms with Crippen molar-refractivity contribution in [1.29, 1.82) is 0 Å². The number of benzene rings is 2. The van der Waals surface area contributed by atoms with E-state index < -0.39 is 0 Å². The maximum absolute atomic E-state index is 13.5. The van der Waals surface area contributed by atoms with Crippen LogP contribution in [0.15, 0.2) is 66.1 Å². The Morgan fingerprint density at radius 2 is 2.08 bits per heavy atom. The molecule has 0 aliphatic carbocycles. The van der Waals surface area contributed by atoms with Crippen LogP contribution in [-0.4, -0.2) is 27.3 Å². The molecule has 0 radical (unpaired) electrons. The van der Waals surface area contributed by atoms with Crippen molar-refractivity contribution in [3.63, 3.8) is 0 Å². The lowest BCUT2D eigenvalue weighted by Gasteiger charge is -2.21. The van der Waals surface area contributed by atoms with Crippen molar-refractivity contribution in [1.82, 2.24) is 9.55 Å². The van der Waals surface area contributed by atoms with Gasteiger partial charge in [-0.05, 0) is 43.2 Å². The molecule has 6 heteroatoms. The lowest BCUT2D eigenvalue weighted by atomic mass is 10.2. The molecule has 1 aromatic heterocycles. The lowest BCUT2D eigenvalue weighted by molar-refractivity contribution is -0.117. The third-order valence-electron chi connectivity index (χ3n) is 4.48. The maximum Gasteiger partial charge on any atom is 0.240 e. The number of halogens is 1. The molecule has 1 amide bonds. The molecule has 0 bridgehead atoms. The number of anilines is 1. The van der Waals surface area contributed by atoms with Crippen molar-refractivity contribution < 1.29 is 9.18 Å². The zero-order chi connectivity index (χ0) is 18.1. The number of thioether (sulfide) groups is 1. The van der Waals surface area contributed by atoms with Gasteiger partial charge >= 0.3 is 0 Å². The number of carbonyl (C=O) groups excluding carboxylic acids is 1. The molecule has 0 saturated heterocycles. The summed E-state index contributed by atoms with van der Waals surface area (Å²) in [5.41, 5.74) is 2.90. The van der Waals surface area contributed by atoms with Crippen molar-refractivity contribution in [2.75, 3.05) is 11.4 Å². The molecule has 0 saturated carbocycles. The Hall–Kier alpha value is -2.60. The Morgan fingerprint density at radius 3 is 2.92 bits per heavy atom. The highest BCUT2D eigenvalue weighted by molar-refractivity contribution is 8.00. The van der Waals surface area contributed by atoms with Gasteiger partial charge in [0.25, 0.3) is 0 Å². The minimum absolute atomic E-state index is 0.0637. The van der Waals surface area contributed by atoms with Crippen molar-refractivity contribution in [2.24, 2.45) is 0 Å². The van der Waals surface area contributed by atoms with Gasteiger partial charge in [0.15, 0.2) is 5.16 Å². The number of fused-ring (bicyclic) bond motifs is 1. The summed E-state index contributed by atoms with van der Waals surface area (Å²) in [5, 5.41) is 0.375. The minimum atomic E-state index is -0.301. The molecular formula is C20H18FN3OS. The van der Waals surface area contributed by atoms with Crippen molar-refractivity contribution in [3.05, 3.63) is 72.3 Å². The van der Waals surface area contributed by atoms with Crippen LogP contribution < -0.4 is 4.90 Å². The molecule has 4 nitrogen and oxygen atoms in total. The first-order valence-corrected chi connectivity index (χ1v) is 9.36. The molecule has 1 aliphatic rings.